The molecule has 0 spiro atoms. The van der Waals surface area contributed by atoms with Crippen LogP contribution in [0.5, 0.6) is 0 Å². The zero-order chi connectivity index (χ0) is 9.78. The first kappa shape index (κ1) is 12.5. The van der Waals surface area contributed by atoms with E-state index in [1.165, 1.54) is 6.42 Å². The van der Waals surface area contributed by atoms with Crippen molar-refractivity contribution in [1.82, 2.24) is 4.90 Å². The molecule has 0 aromatic carbocycles. The van der Waals surface area contributed by atoms with Crippen LogP contribution >= 0.6 is 11.6 Å². The van der Waals surface area contributed by atoms with Gasteiger partial charge in [0.25, 0.3) is 0 Å². The molecule has 2 unspecified atom stereocenters. The summed E-state index contributed by atoms with van der Waals surface area (Å²) < 4.78 is -0.0295. The van der Waals surface area contributed by atoms with Crippen LogP contribution in [0.3, 0.4) is 0 Å². The van der Waals surface area contributed by atoms with Crippen molar-refractivity contribution in [2.24, 2.45) is 5.92 Å². The standard InChI is InChI=1S/C9H22ClNSi/c1-5-8(4)9(10,12)11(6-2)7-3/h8H,5-7H2,1-4,12H3. The monoisotopic (exact) mass is 207 g/mol. The van der Waals surface area contributed by atoms with Gasteiger partial charge in [-0.2, -0.15) is 0 Å². The summed E-state index contributed by atoms with van der Waals surface area (Å²) in [5.41, 5.74) is 0. The minimum Gasteiger partial charge on any atom is -0.289 e. The lowest BCUT2D eigenvalue weighted by molar-refractivity contribution is 0.190. The van der Waals surface area contributed by atoms with Gasteiger partial charge in [-0.15, -0.1) is 11.6 Å². The number of alkyl halides is 1. The predicted molar refractivity (Wildman–Crippen MR) is 60.9 cm³/mol. The Morgan fingerprint density at radius 3 is 2.00 bits per heavy atom. The Labute approximate surface area is 84.9 Å². The summed E-state index contributed by atoms with van der Waals surface area (Å²) in [4.78, 5) is 2.37. The molecule has 0 saturated carbocycles. The Bertz CT molecular complexity index is 124. The fraction of sp³-hybridized carbons (Fsp3) is 1.00. The van der Waals surface area contributed by atoms with Crippen molar-refractivity contribution in [3.63, 3.8) is 0 Å². The minimum absolute atomic E-state index is 0.0295. The van der Waals surface area contributed by atoms with Crippen LogP contribution in [0.2, 0.25) is 0 Å². The van der Waals surface area contributed by atoms with E-state index in [1.54, 1.807) is 0 Å². The van der Waals surface area contributed by atoms with Crippen molar-refractivity contribution in [1.29, 1.82) is 0 Å². The largest absolute Gasteiger partial charge is 0.289 e. The van der Waals surface area contributed by atoms with E-state index in [0.29, 0.717) is 5.92 Å². The van der Waals surface area contributed by atoms with Crippen LogP contribution in [0.1, 0.15) is 34.1 Å². The van der Waals surface area contributed by atoms with Crippen LogP contribution in [0.4, 0.5) is 0 Å². The quantitative estimate of drug-likeness (QED) is 0.377. The maximum Gasteiger partial charge on any atom is 0.0773 e. The zero-order valence-corrected chi connectivity index (χ0v) is 11.8. The second-order valence-corrected chi connectivity index (χ2v) is 6.43. The second kappa shape index (κ2) is 5.25. The van der Waals surface area contributed by atoms with Crippen LogP contribution < -0.4 is 0 Å². The summed E-state index contributed by atoms with van der Waals surface area (Å²) in [6, 6.07) is 0. The van der Waals surface area contributed by atoms with E-state index in [0.717, 1.165) is 23.3 Å². The van der Waals surface area contributed by atoms with Gasteiger partial charge < -0.3 is 0 Å². The van der Waals surface area contributed by atoms with Crippen molar-refractivity contribution < 1.29 is 0 Å². The van der Waals surface area contributed by atoms with Crippen molar-refractivity contribution in [2.45, 2.75) is 38.7 Å². The Kier molecular flexibility index (Phi) is 5.46. The molecule has 0 bridgehead atoms. The molecule has 0 saturated heterocycles. The van der Waals surface area contributed by atoms with E-state index in [-0.39, 0.29) is 4.62 Å². The van der Waals surface area contributed by atoms with E-state index in [9.17, 15) is 0 Å². The maximum absolute atomic E-state index is 6.54. The highest BCUT2D eigenvalue weighted by atomic mass is 35.5. The number of halogens is 1. The molecule has 3 heteroatoms. The van der Waals surface area contributed by atoms with Crippen LogP contribution in [0.15, 0.2) is 0 Å². The lowest BCUT2D eigenvalue weighted by Gasteiger charge is -2.39. The molecule has 0 aliphatic rings. The predicted octanol–water partition coefficient (Wildman–Crippen LogP) is 1.63. The molecule has 0 aromatic rings. The van der Waals surface area contributed by atoms with Crippen LogP contribution in [-0.2, 0) is 0 Å². The molecule has 0 amide bonds. The van der Waals surface area contributed by atoms with Gasteiger partial charge in [0.1, 0.15) is 0 Å². The molecule has 0 N–H and O–H groups in total. The molecule has 0 radical (unpaired) electrons. The van der Waals surface area contributed by atoms with Gasteiger partial charge in [0.15, 0.2) is 0 Å². The SMILES string of the molecule is CCC(C)C([SiH3])(Cl)N(CC)CC. The summed E-state index contributed by atoms with van der Waals surface area (Å²) in [6.07, 6.45) is 1.17. The number of hydrogen-bond acceptors (Lipinski definition) is 1. The van der Waals surface area contributed by atoms with Crippen LogP contribution in [-0.4, -0.2) is 32.9 Å². The highest BCUT2D eigenvalue weighted by molar-refractivity contribution is 6.44. The lowest BCUT2D eigenvalue weighted by Crippen LogP contribution is -2.49. The molecule has 12 heavy (non-hydrogen) atoms. The molecule has 0 aromatic heterocycles. The molecule has 74 valence electrons. The smallest absolute Gasteiger partial charge is 0.0773 e. The summed E-state index contributed by atoms with van der Waals surface area (Å²) in [5, 5.41) is 0. The highest BCUT2D eigenvalue weighted by Crippen LogP contribution is 2.28. The molecule has 0 heterocycles. The fourth-order valence-corrected chi connectivity index (χ4v) is 2.96. The number of rotatable bonds is 5. The van der Waals surface area contributed by atoms with Gasteiger partial charge >= 0.3 is 0 Å². The van der Waals surface area contributed by atoms with Gasteiger partial charge in [0, 0.05) is 10.2 Å². The molecule has 0 aliphatic heterocycles. The highest BCUT2D eigenvalue weighted by Gasteiger charge is 2.31. The topological polar surface area (TPSA) is 3.24 Å². The molecule has 0 aliphatic carbocycles. The summed E-state index contributed by atoms with van der Waals surface area (Å²) in [6.45, 7) is 10.9. The zero-order valence-electron chi connectivity index (χ0n) is 9.02. The third-order valence-corrected chi connectivity index (χ3v) is 5.12. The summed E-state index contributed by atoms with van der Waals surface area (Å²) in [5.74, 6) is 0.603. The molecule has 0 rings (SSSR count). The van der Waals surface area contributed by atoms with Crippen molar-refractivity contribution in [3.8, 4) is 0 Å². The Morgan fingerprint density at radius 1 is 1.33 bits per heavy atom. The molecular formula is C9H22ClNSi. The van der Waals surface area contributed by atoms with Gasteiger partial charge in [-0.05, 0) is 19.0 Å². The molecular weight excluding hydrogens is 186 g/mol. The second-order valence-electron chi connectivity index (χ2n) is 3.51. The van der Waals surface area contributed by atoms with Crippen molar-refractivity contribution in [2.75, 3.05) is 13.1 Å². The minimum atomic E-state index is -0.0295. The molecule has 1 nitrogen and oxygen atoms in total. The van der Waals surface area contributed by atoms with Crippen LogP contribution in [0.25, 0.3) is 0 Å². The molecule has 2 atom stereocenters. The van der Waals surface area contributed by atoms with Gasteiger partial charge in [-0.3, -0.25) is 4.90 Å². The van der Waals surface area contributed by atoms with E-state index >= 15 is 0 Å². The third kappa shape index (κ3) is 2.75. The van der Waals surface area contributed by atoms with Gasteiger partial charge in [0.2, 0.25) is 0 Å². The van der Waals surface area contributed by atoms with Crippen LogP contribution in [0, 0.1) is 5.92 Å². The number of nitrogens with zero attached hydrogens (tertiary/aromatic N) is 1. The first-order chi connectivity index (χ1) is 5.50. The summed E-state index contributed by atoms with van der Waals surface area (Å²) >= 11 is 6.54. The van der Waals surface area contributed by atoms with Gasteiger partial charge in [0.05, 0.1) is 4.62 Å². The Morgan fingerprint density at radius 2 is 1.75 bits per heavy atom. The Balaban J connectivity index is 4.33. The normalized spacial score (nSPS) is 19.5. The summed E-state index contributed by atoms with van der Waals surface area (Å²) in [7, 11) is 1.04. The van der Waals surface area contributed by atoms with E-state index in [1.807, 2.05) is 0 Å². The fourth-order valence-electron chi connectivity index (χ4n) is 1.53. The van der Waals surface area contributed by atoms with E-state index in [2.05, 4.69) is 32.6 Å². The maximum atomic E-state index is 6.54. The van der Waals surface area contributed by atoms with Crippen molar-refractivity contribution in [3.05, 3.63) is 0 Å². The first-order valence-electron chi connectivity index (χ1n) is 4.94. The first-order valence-corrected chi connectivity index (χ1v) is 6.32. The van der Waals surface area contributed by atoms with Gasteiger partial charge in [-0.25, -0.2) is 0 Å². The average molecular weight is 208 g/mol. The van der Waals surface area contributed by atoms with E-state index in [4.69, 9.17) is 11.6 Å². The van der Waals surface area contributed by atoms with Gasteiger partial charge in [-0.1, -0.05) is 34.1 Å². The molecule has 0 fully saturated rings. The average Bonchev–Trinajstić information content (AvgIpc) is 2.04. The Hall–Kier alpha value is 0.467. The number of hydrogen-bond donors (Lipinski definition) is 0. The lowest BCUT2D eigenvalue weighted by atomic mass is 10.1. The van der Waals surface area contributed by atoms with E-state index < -0.39 is 0 Å². The van der Waals surface area contributed by atoms with Crippen molar-refractivity contribution >= 4 is 21.8 Å². The third-order valence-electron chi connectivity index (χ3n) is 2.89.